The van der Waals surface area contributed by atoms with Gasteiger partial charge in [-0.1, -0.05) is 30.7 Å². The van der Waals surface area contributed by atoms with Gasteiger partial charge in [-0.05, 0) is 57.3 Å². The highest BCUT2D eigenvalue weighted by Crippen LogP contribution is 2.41. The second kappa shape index (κ2) is 7.01. The zero-order chi connectivity index (χ0) is 15.6. The van der Waals surface area contributed by atoms with Crippen LogP contribution in [0.25, 0.3) is 0 Å². The van der Waals surface area contributed by atoms with Crippen LogP contribution in [0, 0.1) is 5.92 Å². The molecule has 0 aromatic heterocycles. The van der Waals surface area contributed by atoms with Crippen LogP contribution in [0.2, 0.25) is 0 Å². The van der Waals surface area contributed by atoms with E-state index >= 15 is 0 Å². The molecule has 2 saturated heterocycles. The number of allylic oxidation sites excluding steroid dienone is 3. The number of hydrogen-bond donors (Lipinski definition) is 1. The second-order valence-electron chi connectivity index (χ2n) is 6.34. The smallest absolute Gasteiger partial charge is 0.148 e. The summed E-state index contributed by atoms with van der Waals surface area (Å²) in [6, 6.07) is 1.41. The van der Waals surface area contributed by atoms with E-state index in [1.807, 2.05) is 18.9 Å². The average molecular weight is 310 g/mol. The van der Waals surface area contributed by atoms with E-state index < -0.39 is 0 Å². The normalized spacial score (nSPS) is 30.0. The lowest BCUT2D eigenvalue weighted by Crippen LogP contribution is -2.40. The van der Waals surface area contributed by atoms with Gasteiger partial charge in [0.1, 0.15) is 5.83 Å². The molecule has 1 N–H and O–H groups in total. The van der Waals surface area contributed by atoms with Crippen molar-refractivity contribution >= 4 is 11.9 Å². The van der Waals surface area contributed by atoms with Crippen molar-refractivity contribution in [3.8, 4) is 0 Å². The number of nitrogens with zero attached hydrogens (tertiary/aromatic N) is 1. The molecule has 2 nitrogen and oxygen atoms in total. The van der Waals surface area contributed by atoms with Gasteiger partial charge in [-0.25, -0.2) is 8.70 Å². The van der Waals surface area contributed by atoms with Crippen molar-refractivity contribution in [2.45, 2.75) is 51.6 Å². The molecule has 0 aromatic carbocycles. The van der Waals surface area contributed by atoms with E-state index in [1.165, 1.54) is 25.7 Å². The largest absolute Gasteiger partial charge is 0.383 e. The van der Waals surface area contributed by atoms with E-state index in [-0.39, 0.29) is 5.83 Å². The molecule has 0 spiro atoms. The fourth-order valence-corrected chi connectivity index (χ4v) is 4.45. The van der Waals surface area contributed by atoms with Crippen molar-refractivity contribution in [1.82, 2.24) is 9.62 Å². The van der Waals surface area contributed by atoms with Crippen LogP contribution in [-0.2, 0) is 0 Å². The fourth-order valence-electron chi connectivity index (χ4n) is 3.47. The molecule has 0 aromatic rings. The van der Waals surface area contributed by atoms with Crippen LogP contribution in [-0.4, -0.2) is 29.2 Å². The highest BCUT2D eigenvalue weighted by atomic mass is 32.2. The second-order valence-corrected chi connectivity index (χ2v) is 7.13. The summed E-state index contributed by atoms with van der Waals surface area (Å²) < 4.78 is 16.7. The van der Waals surface area contributed by atoms with E-state index in [1.54, 1.807) is 6.92 Å². The van der Waals surface area contributed by atoms with Gasteiger partial charge in [0, 0.05) is 18.6 Å². The minimum Gasteiger partial charge on any atom is -0.383 e. The molecule has 0 radical (unpaired) electrons. The highest BCUT2D eigenvalue weighted by Gasteiger charge is 2.40. The Morgan fingerprint density at radius 1 is 1.24 bits per heavy atom. The molecule has 0 saturated carbocycles. The molecule has 118 valence electrons. The van der Waals surface area contributed by atoms with E-state index in [0.29, 0.717) is 29.3 Å². The molecular formula is C17H27FN2S. The van der Waals surface area contributed by atoms with Gasteiger partial charge < -0.3 is 5.32 Å². The van der Waals surface area contributed by atoms with E-state index in [9.17, 15) is 4.39 Å². The lowest BCUT2D eigenvalue weighted by Gasteiger charge is -2.37. The lowest BCUT2D eigenvalue weighted by molar-refractivity contribution is 0.205. The SMILES string of the molecule is C=C(C)/C(C)=C(\F)C(=C)NCC1CC2CCC(C1)N2SC. The summed E-state index contributed by atoms with van der Waals surface area (Å²) in [4.78, 5) is 0. The molecule has 21 heavy (non-hydrogen) atoms. The number of rotatable bonds is 6. The van der Waals surface area contributed by atoms with E-state index in [4.69, 9.17) is 0 Å². The standard InChI is InChI=1S/C17H27FN2S/c1-11(2)12(3)17(18)13(4)19-10-14-8-15-6-7-16(9-14)20(15)21-5/h14-16,19H,1,4,6-10H2,2-3,5H3/b17-12-. The Morgan fingerprint density at radius 2 is 1.81 bits per heavy atom. The fraction of sp³-hybridized carbons (Fsp3) is 0.647. The Bertz CT molecular complexity index is 444. The minimum absolute atomic E-state index is 0.257. The maximum Gasteiger partial charge on any atom is 0.148 e. The predicted octanol–water partition coefficient (Wildman–Crippen LogP) is 4.43. The Morgan fingerprint density at radius 3 is 2.29 bits per heavy atom. The first-order chi connectivity index (χ1) is 9.93. The molecule has 4 heteroatoms. The van der Waals surface area contributed by atoms with Gasteiger partial charge in [0.2, 0.25) is 0 Å². The number of halogens is 1. The topological polar surface area (TPSA) is 15.3 Å². The molecular weight excluding hydrogens is 283 g/mol. The molecule has 2 aliphatic rings. The zero-order valence-electron chi connectivity index (χ0n) is 13.4. The minimum atomic E-state index is -0.257. The Hall–Kier alpha value is -0.740. The summed E-state index contributed by atoms with van der Waals surface area (Å²) in [5.74, 6) is 0.368. The number of hydrogen-bond acceptors (Lipinski definition) is 3. The van der Waals surface area contributed by atoms with Crippen molar-refractivity contribution in [3.05, 3.63) is 35.8 Å². The first-order valence-electron chi connectivity index (χ1n) is 7.71. The molecule has 2 atom stereocenters. The number of fused-ring (bicyclic) bond motifs is 2. The molecule has 2 fully saturated rings. The quantitative estimate of drug-likeness (QED) is 0.577. The van der Waals surface area contributed by atoms with Crippen LogP contribution in [0.15, 0.2) is 35.8 Å². The van der Waals surface area contributed by atoms with Crippen LogP contribution < -0.4 is 5.32 Å². The summed E-state index contributed by atoms with van der Waals surface area (Å²) in [7, 11) is 0. The Labute approximate surface area is 132 Å². The van der Waals surface area contributed by atoms with Crippen LogP contribution in [0.5, 0.6) is 0 Å². The predicted molar refractivity (Wildman–Crippen MR) is 90.7 cm³/mol. The number of nitrogens with one attached hydrogen (secondary N) is 1. The van der Waals surface area contributed by atoms with Crippen molar-refractivity contribution in [1.29, 1.82) is 0 Å². The van der Waals surface area contributed by atoms with Gasteiger partial charge in [-0.3, -0.25) is 0 Å². The molecule has 2 bridgehead atoms. The third-order valence-corrected chi connectivity index (χ3v) is 5.83. The monoisotopic (exact) mass is 310 g/mol. The Balaban J connectivity index is 1.86. The highest BCUT2D eigenvalue weighted by molar-refractivity contribution is 7.96. The maximum absolute atomic E-state index is 14.1. The Kier molecular flexibility index (Phi) is 5.55. The van der Waals surface area contributed by atoms with Crippen LogP contribution >= 0.6 is 11.9 Å². The molecule has 0 amide bonds. The summed E-state index contributed by atoms with van der Waals surface area (Å²) in [6.07, 6.45) is 7.22. The van der Waals surface area contributed by atoms with Gasteiger partial charge in [0.05, 0.1) is 5.70 Å². The van der Waals surface area contributed by atoms with E-state index in [0.717, 1.165) is 12.1 Å². The summed E-state index contributed by atoms with van der Waals surface area (Å²) in [6.45, 7) is 12.0. The summed E-state index contributed by atoms with van der Waals surface area (Å²) >= 11 is 1.88. The molecule has 2 unspecified atom stereocenters. The number of piperidine rings is 1. The van der Waals surface area contributed by atoms with E-state index in [2.05, 4.69) is 29.0 Å². The maximum atomic E-state index is 14.1. The van der Waals surface area contributed by atoms with Crippen molar-refractivity contribution < 1.29 is 4.39 Å². The third kappa shape index (κ3) is 3.72. The molecule has 2 rings (SSSR count). The van der Waals surface area contributed by atoms with Gasteiger partial charge in [0.25, 0.3) is 0 Å². The molecule has 2 heterocycles. The average Bonchev–Trinajstić information content (AvgIpc) is 2.72. The molecule has 2 aliphatic heterocycles. The van der Waals surface area contributed by atoms with Crippen LogP contribution in [0.4, 0.5) is 4.39 Å². The van der Waals surface area contributed by atoms with Crippen LogP contribution in [0.3, 0.4) is 0 Å². The summed E-state index contributed by atoms with van der Waals surface area (Å²) in [5, 5.41) is 3.20. The summed E-state index contributed by atoms with van der Waals surface area (Å²) in [5.41, 5.74) is 1.74. The van der Waals surface area contributed by atoms with Gasteiger partial charge in [-0.2, -0.15) is 0 Å². The first kappa shape index (κ1) is 16.6. The van der Waals surface area contributed by atoms with Crippen LogP contribution in [0.1, 0.15) is 39.5 Å². The first-order valence-corrected chi connectivity index (χ1v) is 8.90. The van der Waals surface area contributed by atoms with Gasteiger partial charge in [-0.15, -0.1) is 0 Å². The van der Waals surface area contributed by atoms with Gasteiger partial charge in [0.15, 0.2) is 0 Å². The van der Waals surface area contributed by atoms with Crippen molar-refractivity contribution in [2.75, 3.05) is 12.8 Å². The zero-order valence-corrected chi connectivity index (χ0v) is 14.2. The molecule has 0 aliphatic carbocycles. The van der Waals surface area contributed by atoms with Crippen molar-refractivity contribution in [3.63, 3.8) is 0 Å². The lowest BCUT2D eigenvalue weighted by atomic mass is 9.92. The van der Waals surface area contributed by atoms with Crippen molar-refractivity contribution in [2.24, 2.45) is 5.92 Å². The van der Waals surface area contributed by atoms with Gasteiger partial charge >= 0.3 is 0 Å². The third-order valence-electron chi connectivity index (χ3n) is 4.81.